The summed E-state index contributed by atoms with van der Waals surface area (Å²) in [7, 11) is 0. The standard InChI is InChI=1S/C15H21NO3/c1-4-5-6-9-16-12-8-7-11(17)10-13(12)19-15(2,3)14(16)18/h7-8,10,17H,4-6,9H2,1-3H3. The molecule has 0 unspecified atom stereocenters. The molecule has 1 heterocycles. The summed E-state index contributed by atoms with van der Waals surface area (Å²) >= 11 is 0. The Morgan fingerprint density at radius 1 is 1.32 bits per heavy atom. The molecule has 0 spiro atoms. The van der Waals surface area contributed by atoms with Gasteiger partial charge in [-0.15, -0.1) is 0 Å². The number of carbonyl (C=O) groups is 1. The van der Waals surface area contributed by atoms with Gasteiger partial charge in [0.05, 0.1) is 5.69 Å². The van der Waals surface area contributed by atoms with Gasteiger partial charge in [0, 0.05) is 12.6 Å². The number of carbonyl (C=O) groups excluding carboxylic acids is 1. The molecule has 104 valence electrons. The lowest BCUT2D eigenvalue weighted by atomic mass is 10.0. The second-order valence-electron chi connectivity index (χ2n) is 5.43. The molecular weight excluding hydrogens is 242 g/mol. The molecule has 19 heavy (non-hydrogen) atoms. The number of anilines is 1. The van der Waals surface area contributed by atoms with Gasteiger partial charge >= 0.3 is 0 Å². The van der Waals surface area contributed by atoms with E-state index in [1.165, 1.54) is 0 Å². The van der Waals surface area contributed by atoms with E-state index < -0.39 is 5.60 Å². The predicted octanol–water partition coefficient (Wildman–Crippen LogP) is 3.09. The van der Waals surface area contributed by atoms with Crippen LogP contribution in [0.25, 0.3) is 0 Å². The zero-order chi connectivity index (χ0) is 14.0. The van der Waals surface area contributed by atoms with Crippen LogP contribution in [0.4, 0.5) is 5.69 Å². The van der Waals surface area contributed by atoms with Gasteiger partial charge in [0.15, 0.2) is 5.60 Å². The largest absolute Gasteiger partial charge is 0.508 e. The van der Waals surface area contributed by atoms with Crippen molar-refractivity contribution in [3.63, 3.8) is 0 Å². The van der Waals surface area contributed by atoms with Crippen LogP contribution in [0.15, 0.2) is 18.2 Å². The Morgan fingerprint density at radius 2 is 2.05 bits per heavy atom. The lowest BCUT2D eigenvalue weighted by Crippen LogP contribution is -2.52. The minimum Gasteiger partial charge on any atom is -0.508 e. The van der Waals surface area contributed by atoms with Crippen molar-refractivity contribution in [2.45, 2.75) is 45.6 Å². The molecule has 0 aromatic heterocycles. The molecule has 0 bridgehead atoms. The van der Waals surface area contributed by atoms with Gasteiger partial charge < -0.3 is 14.7 Å². The molecule has 1 aliphatic heterocycles. The second-order valence-corrected chi connectivity index (χ2v) is 5.43. The first-order valence-electron chi connectivity index (χ1n) is 6.79. The van der Waals surface area contributed by atoms with Crippen molar-refractivity contribution in [2.24, 2.45) is 0 Å². The van der Waals surface area contributed by atoms with Crippen LogP contribution in [0.2, 0.25) is 0 Å². The third-order valence-electron chi connectivity index (χ3n) is 3.34. The average Bonchev–Trinajstić information content (AvgIpc) is 2.33. The van der Waals surface area contributed by atoms with Crippen LogP contribution in [-0.4, -0.2) is 23.2 Å². The Kier molecular flexibility index (Phi) is 3.69. The van der Waals surface area contributed by atoms with Crippen molar-refractivity contribution in [3.05, 3.63) is 18.2 Å². The third-order valence-corrected chi connectivity index (χ3v) is 3.34. The number of nitrogens with zero attached hydrogens (tertiary/aromatic N) is 1. The SMILES string of the molecule is CCCCCN1C(=O)C(C)(C)Oc2cc(O)ccc21. The molecular formula is C15H21NO3. The van der Waals surface area contributed by atoms with E-state index in [-0.39, 0.29) is 11.7 Å². The van der Waals surface area contributed by atoms with Gasteiger partial charge in [-0.3, -0.25) is 4.79 Å². The van der Waals surface area contributed by atoms with E-state index in [1.54, 1.807) is 36.9 Å². The van der Waals surface area contributed by atoms with Crippen LogP contribution in [0.5, 0.6) is 11.5 Å². The zero-order valence-corrected chi connectivity index (χ0v) is 11.8. The lowest BCUT2D eigenvalue weighted by molar-refractivity contribution is -0.132. The maximum atomic E-state index is 12.4. The molecule has 1 aromatic rings. The number of hydrogen-bond acceptors (Lipinski definition) is 3. The van der Waals surface area contributed by atoms with Gasteiger partial charge in [-0.1, -0.05) is 19.8 Å². The summed E-state index contributed by atoms with van der Waals surface area (Å²) in [6, 6.07) is 4.89. The van der Waals surface area contributed by atoms with Gasteiger partial charge in [0.1, 0.15) is 11.5 Å². The normalized spacial score (nSPS) is 17.0. The van der Waals surface area contributed by atoms with Crippen molar-refractivity contribution in [1.82, 2.24) is 0 Å². The van der Waals surface area contributed by atoms with E-state index in [1.807, 2.05) is 0 Å². The van der Waals surface area contributed by atoms with Crippen LogP contribution >= 0.6 is 0 Å². The Hall–Kier alpha value is -1.71. The molecule has 0 atom stereocenters. The van der Waals surface area contributed by atoms with Crippen LogP contribution in [0, 0.1) is 0 Å². The first-order valence-corrected chi connectivity index (χ1v) is 6.79. The van der Waals surface area contributed by atoms with Crippen molar-refractivity contribution < 1.29 is 14.6 Å². The number of rotatable bonds is 4. The fourth-order valence-electron chi connectivity index (χ4n) is 2.30. The maximum Gasteiger partial charge on any atom is 0.270 e. The molecule has 0 saturated carbocycles. The molecule has 1 aromatic carbocycles. The second kappa shape index (κ2) is 5.11. The molecule has 0 saturated heterocycles. The minimum atomic E-state index is -0.882. The molecule has 1 aliphatic rings. The Morgan fingerprint density at radius 3 is 2.74 bits per heavy atom. The van der Waals surface area contributed by atoms with Crippen molar-refractivity contribution in [1.29, 1.82) is 0 Å². The summed E-state index contributed by atoms with van der Waals surface area (Å²) in [4.78, 5) is 14.2. The smallest absolute Gasteiger partial charge is 0.270 e. The number of benzene rings is 1. The van der Waals surface area contributed by atoms with Gasteiger partial charge in [0.25, 0.3) is 5.91 Å². The molecule has 4 nitrogen and oxygen atoms in total. The number of amides is 1. The molecule has 4 heteroatoms. The number of aromatic hydroxyl groups is 1. The number of phenols is 1. The molecule has 1 amide bonds. The van der Waals surface area contributed by atoms with E-state index in [0.717, 1.165) is 24.9 Å². The highest BCUT2D eigenvalue weighted by molar-refractivity contribution is 6.02. The Labute approximate surface area is 114 Å². The summed E-state index contributed by atoms with van der Waals surface area (Å²) in [5, 5.41) is 9.54. The van der Waals surface area contributed by atoms with E-state index in [9.17, 15) is 9.90 Å². The van der Waals surface area contributed by atoms with Gasteiger partial charge in [-0.25, -0.2) is 0 Å². The highest BCUT2D eigenvalue weighted by Gasteiger charge is 2.40. The maximum absolute atomic E-state index is 12.4. The van der Waals surface area contributed by atoms with Crippen LogP contribution in [0.3, 0.4) is 0 Å². The Balaban J connectivity index is 2.32. The average molecular weight is 263 g/mol. The van der Waals surface area contributed by atoms with Gasteiger partial charge in [-0.2, -0.15) is 0 Å². The highest BCUT2D eigenvalue weighted by atomic mass is 16.5. The van der Waals surface area contributed by atoms with Crippen molar-refractivity contribution in [2.75, 3.05) is 11.4 Å². The Bertz CT molecular complexity index is 482. The zero-order valence-electron chi connectivity index (χ0n) is 11.8. The molecule has 0 aliphatic carbocycles. The van der Waals surface area contributed by atoms with Crippen LogP contribution < -0.4 is 9.64 Å². The third kappa shape index (κ3) is 2.67. The van der Waals surface area contributed by atoms with Gasteiger partial charge in [0.2, 0.25) is 0 Å². The first-order chi connectivity index (χ1) is 8.95. The van der Waals surface area contributed by atoms with Gasteiger partial charge in [-0.05, 0) is 32.4 Å². The number of hydrogen-bond donors (Lipinski definition) is 1. The monoisotopic (exact) mass is 263 g/mol. The molecule has 0 fully saturated rings. The van der Waals surface area contributed by atoms with Crippen LogP contribution in [-0.2, 0) is 4.79 Å². The first kappa shape index (κ1) is 13.7. The summed E-state index contributed by atoms with van der Waals surface area (Å²) < 4.78 is 5.70. The van der Waals surface area contributed by atoms with Crippen molar-refractivity contribution >= 4 is 11.6 Å². The van der Waals surface area contributed by atoms with E-state index in [2.05, 4.69) is 6.92 Å². The lowest BCUT2D eigenvalue weighted by Gasteiger charge is -2.38. The quantitative estimate of drug-likeness (QED) is 0.849. The molecule has 0 radical (unpaired) electrons. The van der Waals surface area contributed by atoms with E-state index in [4.69, 9.17) is 4.74 Å². The minimum absolute atomic E-state index is 0.0261. The number of fused-ring (bicyclic) bond motifs is 1. The summed E-state index contributed by atoms with van der Waals surface area (Å²) in [5.41, 5.74) is -0.134. The van der Waals surface area contributed by atoms with Crippen molar-refractivity contribution in [3.8, 4) is 11.5 Å². The summed E-state index contributed by atoms with van der Waals surface area (Å²) in [6.07, 6.45) is 3.18. The molecule has 1 N–H and O–H groups in total. The fraction of sp³-hybridized carbons (Fsp3) is 0.533. The number of phenolic OH excluding ortho intramolecular Hbond substituents is 1. The van der Waals surface area contributed by atoms with E-state index >= 15 is 0 Å². The summed E-state index contributed by atoms with van der Waals surface area (Å²) in [5.74, 6) is 0.695. The predicted molar refractivity (Wildman–Crippen MR) is 74.7 cm³/mol. The molecule has 2 rings (SSSR count). The number of unbranched alkanes of at least 4 members (excludes halogenated alkanes) is 2. The van der Waals surface area contributed by atoms with Crippen LogP contribution in [0.1, 0.15) is 40.0 Å². The van der Waals surface area contributed by atoms with E-state index in [0.29, 0.717) is 12.3 Å². The topological polar surface area (TPSA) is 49.8 Å². The fourth-order valence-corrected chi connectivity index (χ4v) is 2.30. The summed E-state index contributed by atoms with van der Waals surface area (Å²) in [6.45, 7) is 6.35. The number of ether oxygens (including phenoxy) is 1. The highest BCUT2D eigenvalue weighted by Crippen LogP contribution is 2.39.